The molecule has 0 spiro atoms. The molecule has 5 rings (SSSR count). The fourth-order valence-corrected chi connectivity index (χ4v) is 6.90. The Morgan fingerprint density at radius 2 is 1.68 bits per heavy atom. The Morgan fingerprint density at radius 1 is 1.03 bits per heavy atom. The molecule has 2 aromatic heterocycles. The zero-order valence-corrected chi connectivity index (χ0v) is 18.6. The molecular weight excluding hydrogens is 424 g/mol. The molecule has 154 valence electrons. The molecule has 1 N–H and O–H groups in total. The van der Waals surface area contributed by atoms with E-state index in [9.17, 15) is 4.79 Å². The van der Waals surface area contributed by atoms with E-state index in [1.54, 1.807) is 11.3 Å². The third kappa shape index (κ3) is 3.50. The zero-order chi connectivity index (χ0) is 21.5. The molecule has 0 bridgehead atoms. The van der Waals surface area contributed by atoms with Gasteiger partial charge in [-0.3, -0.25) is 4.79 Å². The van der Waals surface area contributed by atoms with Crippen molar-refractivity contribution in [3.8, 4) is 0 Å². The molecule has 6 heteroatoms. The summed E-state index contributed by atoms with van der Waals surface area (Å²) in [6, 6.07) is 14.8. The number of nitrogens with zero attached hydrogens (tertiary/aromatic N) is 2. The molecule has 0 radical (unpaired) electrons. The summed E-state index contributed by atoms with van der Waals surface area (Å²) in [7, 11) is 2.12. The molecule has 2 heterocycles. The van der Waals surface area contributed by atoms with Crippen molar-refractivity contribution in [2.75, 3.05) is 11.9 Å². The SMILES string of the molecule is [C-]#[N+]/C(=C\c1cc2c(s1)/C(=C1\CCc3cc(N(C)c4ccccc4)sc31)CC2)C(=O)O. The number of hydrogen-bond acceptors (Lipinski definition) is 4. The molecule has 3 aromatic rings. The minimum absolute atomic E-state index is 0.232. The summed E-state index contributed by atoms with van der Waals surface area (Å²) >= 11 is 3.48. The lowest BCUT2D eigenvalue weighted by molar-refractivity contribution is -0.132. The molecule has 0 aliphatic heterocycles. The Hall–Kier alpha value is -3.14. The molecule has 2 aliphatic rings. The van der Waals surface area contributed by atoms with Crippen LogP contribution in [0.4, 0.5) is 10.7 Å². The van der Waals surface area contributed by atoms with E-state index in [0.717, 1.165) is 30.6 Å². The third-order valence-corrected chi connectivity index (χ3v) is 8.42. The number of fused-ring (bicyclic) bond motifs is 2. The number of hydrogen-bond donors (Lipinski definition) is 1. The van der Waals surface area contributed by atoms with Crippen LogP contribution in [0.2, 0.25) is 0 Å². The normalized spacial score (nSPS) is 17.4. The van der Waals surface area contributed by atoms with Gasteiger partial charge in [0.2, 0.25) is 0 Å². The van der Waals surface area contributed by atoms with Crippen LogP contribution < -0.4 is 4.90 Å². The van der Waals surface area contributed by atoms with Crippen LogP contribution in [0.3, 0.4) is 0 Å². The van der Waals surface area contributed by atoms with Crippen LogP contribution in [-0.2, 0) is 17.6 Å². The maximum Gasteiger partial charge on any atom is 0.333 e. The Bertz CT molecular complexity index is 1290. The first kappa shape index (κ1) is 19.8. The Balaban J connectivity index is 1.50. The van der Waals surface area contributed by atoms with E-state index >= 15 is 0 Å². The number of carbonyl (C=O) groups is 1. The molecule has 1 aromatic carbocycles. The van der Waals surface area contributed by atoms with Crippen molar-refractivity contribution in [3.05, 3.63) is 85.3 Å². The highest BCUT2D eigenvalue weighted by molar-refractivity contribution is 7.17. The van der Waals surface area contributed by atoms with Crippen molar-refractivity contribution < 1.29 is 9.90 Å². The van der Waals surface area contributed by atoms with E-state index in [0.29, 0.717) is 0 Å². The number of rotatable bonds is 4. The van der Waals surface area contributed by atoms with E-state index in [1.165, 1.54) is 48.8 Å². The molecular formula is C25H20N2O2S2. The molecule has 0 saturated carbocycles. The van der Waals surface area contributed by atoms with Gasteiger partial charge in [-0.15, -0.1) is 22.7 Å². The lowest BCUT2D eigenvalue weighted by Gasteiger charge is -2.17. The fraction of sp³-hybridized carbons (Fsp3) is 0.200. The van der Waals surface area contributed by atoms with Crippen LogP contribution in [0.5, 0.6) is 0 Å². The number of aliphatic carboxylic acids is 1. The summed E-state index contributed by atoms with van der Waals surface area (Å²) in [5, 5.41) is 10.4. The quantitative estimate of drug-likeness (QED) is 0.359. The van der Waals surface area contributed by atoms with Crippen LogP contribution in [0.1, 0.15) is 38.6 Å². The molecule has 2 aliphatic carbocycles. The molecule has 0 atom stereocenters. The maximum atomic E-state index is 11.2. The van der Waals surface area contributed by atoms with Gasteiger partial charge in [0, 0.05) is 27.4 Å². The number of anilines is 2. The van der Waals surface area contributed by atoms with Crippen molar-refractivity contribution >= 4 is 56.6 Å². The second-order valence-electron chi connectivity index (χ2n) is 7.74. The van der Waals surface area contributed by atoms with Gasteiger partial charge in [-0.25, -0.2) is 4.85 Å². The number of carboxylic acid groups (broad SMARTS) is 1. The summed E-state index contributed by atoms with van der Waals surface area (Å²) in [6.45, 7) is 7.08. The maximum absolute atomic E-state index is 11.2. The van der Waals surface area contributed by atoms with Crippen molar-refractivity contribution in [1.82, 2.24) is 0 Å². The van der Waals surface area contributed by atoms with Crippen LogP contribution >= 0.6 is 22.7 Å². The highest BCUT2D eigenvalue weighted by Gasteiger charge is 2.29. The predicted molar refractivity (Wildman–Crippen MR) is 129 cm³/mol. The van der Waals surface area contributed by atoms with Gasteiger partial charge in [0.15, 0.2) is 0 Å². The van der Waals surface area contributed by atoms with Gasteiger partial charge >= 0.3 is 5.97 Å². The fourth-order valence-electron chi connectivity index (χ4n) is 4.36. The lowest BCUT2D eigenvalue weighted by Crippen LogP contribution is -2.07. The largest absolute Gasteiger partial charge is 0.486 e. The lowest BCUT2D eigenvalue weighted by atomic mass is 10.1. The number of para-hydroxylation sites is 1. The van der Waals surface area contributed by atoms with Gasteiger partial charge in [0.25, 0.3) is 5.70 Å². The van der Waals surface area contributed by atoms with Gasteiger partial charge in [0.05, 0.1) is 11.6 Å². The van der Waals surface area contributed by atoms with Crippen LogP contribution in [0.25, 0.3) is 22.1 Å². The predicted octanol–water partition coefficient (Wildman–Crippen LogP) is 6.73. The first-order chi connectivity index (χ1) is 15.0. The smallest absolute Gasteiger partial charge is 0.333 e. The van der Waals surface area contributed by atoms with Crippen molar-refractivity contribution in [2.24, 2.45) is 0 Å². The molecule has 0 unspecified atom stereocenters. The second-order valence-corrected chi connectivity index (χ2v) is 9.85. The molecule has 31 heavy (non-hydrogen) atoms. The van der Waals surface area contributed by atoms with Crippen molar-refractivity contribution in [2.45, 2.75) is 25.7 Å². The Morgan fingerprint density at radius 3 is 2.32 bits per heavy atom. The van der Waals surface area contributed by atoms with Crippen molar-refractivity contribution in [1.29, 1.82) is 0 Å². The highest BCUT2D eigenvalue weighted by atomic mass is 32.1. The standard InChI is InChI=1S/C25H20N2O2S2/c1-26-21(25(28)29)14-18-12-15-8-10-19(23(15)30-18)20-11-9-16-13-22(31-24(16)20)27(2)17-6-4-3-5-7-17/h3-7,12-14H,8-11H2,2H3,(H,28,29)/b20-19+,21-14-. The van der Waals surface area contributed by atoms with E-state index in [1.807, 2.05) is 17.4 Å². The second kappa shape index (κ2) is 7.84. The molecule has 0 saturated heterocycles. The molecule has 4 nitrogen and oxygen atoms in total. The Labute approximate surface area is 189 Å². The third-order valence-electron chi connectivity index (χ3n) is 5.92. The number of allylic oxidation sites excluding steroid dienone is 2. The summed E-state index contributed by atoms with van der Waals surface area (Å²) in [5.41, 5.74) is 6.52. The highest BCUT2D eigenvalue weighted by Crippen LogP contribution is 2.50. The van der Waals surface area contributed by atoms with Crippen molar-refractivity contribution in [3.63, 3.8) is 0 Å². The van der Waals surface area contributed by atoms with E-state index in [4.69, 9.17) is 11.7 Å². The first-order valence-electron chi connectivity index (χ1n) is 10.1. The van der Waals surface area contributed by atoms with E-state index in [-0.39, 0.29) is 5.70 Å². The molecule has 0 fully saturated rings. The number of benzene rings is 1. The van der Waals surface area contributed by atoms with E-state index in [2.05, 4.69) is 53.2 Å². The van der Waals surface area contributed by atoms with Gasteiger partial charge in [-0.1, -0.05) is 18.2 Å². The average molecular weight is 445 g/mol. The topological polar surface area (TPSA) is 44.9 Å². The van der Waals surface area contributed by atoms with Gasteiger partial charge in [-0.05, 0) is 78.3 Å². The van der Waals surface area contributed by atoms with Gasteiger partial charge < -0.3 is 10.0 Å². The van der Waals surface area contributed by atoms with Gasteiger partial charge in [-0.2, -0.15) is 0 Å². The molecule has 0 amide bonds. The van der Waals surface area contributed by atoms with Crippen LogP contribution in [0.15, 0.2) is 48.2 Å². The number of aryl methyl sites for hydroxylation is 2. The number of thiophene rings is 2. The monoisotopic (exact) mass is 444 g/mol. The Kier molecular flexibility index (Phi) is 5.01. The minimum atomic E-state index is -1.17. The van der Waals surface area contributed by atoms with Crippen LogP contribution in [0, 0.1) is 6.57 Å². The summed E-state index contributed by atoms with van der Waals surface area (Å²) in [6.07, 6.45) is 5.66. The summed E-state index contributed by atoms with van der Waals surface area (Å²) in [4.78, 5) is 20.1. The van der Waals surface area contributed by atoms with Crippen LogP contribution in [-0.4, -0.2) is 18.1 Å². The summed E-state index contributed by atoms with van der Waals surface area (Å²) < 4.78 is 0. The van der Waals surface area contributed by atoms with Gasteiger partial charge in [0.1, 0.15) is 0 Å². The minimum Gasteiger partial charge on any atom is -0.486 e. The first-order valence-corrected chi connectivity index (χ1v) is 11.8. The summed E-state index contributed by atoms with van der Waals surface area (Å²) in [5.74, 6) is -1.17. The van der Waals surface area contributed by atoms with E-state index < -0.39 is 5.97 Å². The average Bonchev–Trinajstić information content (AvgIpc) is 3.52. The number of carboxylic acids is 1. The zero-order valence-electron chi connectivity index (χ0n) is 17.0.